The van der Waals surface area contributed by atoms with Gasteiger partial charge in [0.15, 0.2) is 6.10 Å². The lowest BCUT2D eigenvalue weighted by atomic mass is 9.84. The topological polar surface area (TPSA) is 126 Å². The first kappa shape index (κ1) is 22.8. The van der Waals surface area contributed by atoms with Crippen LogP contribution in [-0.4, -0.2) is 47.2 Å². The van der Waals surface area contributed by atoms with Crippen molar-refractivity contribution in [1.29, 1.82) is 5.41 Å². The van der Waals surface area contributed by atoms with Crippen LogP contribution in [0.3, 0.4) is 0 Å². The Kier molecular flexibility index (Phi) is 7.65. The fourth-order valence-electron chi connectivity index (χ4n) is 4.54. The van der Waals surface area contributed by atoms with E-state index in [9.17, 15) is 14.4 Å². The minimum atomic E-state index is -0.801. The third kappa shape index (κ3) is 5.83. The molecule has 1 aliphatic carbocycles. The van der Waals surface area contributed by atoms with Crippen molar-refractivity contribution < 1.29 is 19.1 Å². The molecule has 1 aromatic rings. The van der Waals surface area contributed by atoms with E-state index in [0.29, 0.717) is 25.1 Å². The number of likely N-dealkylation sites (tertiary alicyclic amines) is 1. The standard InChI is InChI=1S/C23H32N4O4/c1-15(28)31-20(17-6-3-2-4-7-17)23(30)27-13-5-8-19(27)22(29)26-14-16-9-11-18(12-10-16)21(24)25/h9-12,17,19-20H,2-8,13-14H2,1H3,(H3,24,25)(H,26,29)/t19-,20?/m1/s1. The number of nitrogens with zero attached hydrogens (tertiary/aromatic N) is 1. The monoisotopic (exact) mass is 428 g/mol. The number of nitrogens with two attached hydrogens (primary N) is 1. The van der Waals surface area contributed by atoms with Crippen LogP contribution in [0.5, 0.6) is 0 Å². The van der Waals surface area contributed by atoms with Crippen LogP contribution in [0.15, 0.2) is 24.3 Å². The van der Waals surface area contributed by atoms with Gasteiger partial charge in [0.05, 0.1) is 0 Å². The van der Waals surface area contributed by atoms with Crippen LogP contribution in [0, 0.1) is 11.3 Å². The first-order valence-electron chi connectivity index (χ1n) is 11.1. The average molecular weight is 429 g/mol. The number of nitrogens with one attached hydrogen (secondary N) is 2. The van der Waals surface area contributed by atoms with E-state index < -0.39 is 18.1 Å². The number of rotatable bonds is 7. The van der Waals surface area contributed by atoms with Crippen molar-refractivity contribution in [2.45, 2.75) is 70.6 Å². The van der Waals surface area contributed by atoms with Gasteiger partial charge in [-0.25, -0.2) is 0 Å². The summed E-state index contributed by atoms with van der Waals surface area (Å²) in [6.07, 6.45) is 5.47. The van der Waals surface area contributed by atoms with E-state index in [1.54, 1.807) is 17.0 Å². The van der Waals surface area contributed by atoms with Crippen molar-refractivity contribution in [1.82, 2.24) is 10.2 Å². The van der Waals surface area contributed by atoms with Gasteiger partial charge in [-0.1, -0.05) is 43.5 Å². The zero-order valence-electron chi connectivity index (χ0n) is 18.1. The molecular formula is C23H32N4O4. The molecule has 2 atom stereocenters. The summed E-state index contributed by atoms with van der Waals surface area (Å²) in [6.45, 7) is 2.15. The summed E-state index contributed by atoms with van der Waals surface area (Å²) >= 11 is 0. The van der Waals surface area contributed by atoms with E-state index in [1.807, 2.05) is 12.1 Å². The highest BCUT2D eigenvalue weighted by Gasteiger charge is 2.41. The molecular weight excluding hydrogens is 396 g/mol. The molecule has 1 saturated heterocycles. The first-order chi connectivity index (χ1) is 14.9. The van der Waals surface area contributed by atoms with Crippen molar-refractivity contribution >= 4 is 23.6 Å². The Labute approximate surface area is 183 Å². The molecule has 1 unspecified atom stereocenters. The molecule has 2 aliphatic rings. The number of hydrogen-bond donors (Lipinski definition) is 3. The van der Waals surface area contributed by atoms with E-state index >= 15 is 0 Å². The molecule has 8 nitrogen and oxygen atoms in total. The molecule has 0 radical (unpaired) electrons. The molecule has 1 saturated carbocycles. The van der Waals surface area contributed by atoms with Gasteiger partial charge in [-0.2, -0.15) is 0 Å². The second kappa shape index (κ2) is 10.4. The van der Waals surface area contributed by atoms with Crippen LogP contribution in [-0.2, 0) is 25.7 Å². The third-order valence-electron chi connectivity index (χ3n) is 6.18. The fourth-order valence-corrected chi connectivity index (χ4v) is 4.54. The first-order valence-corrected chi connectivity index (χ1v) is 11.1. The van der Waals surface area contributed by atoms with E-state index in [-0.39, 0.29) is 23.6 Å². The van der Waals surface area contributed by atoms with Gasteiger partial charge in [-0.3, -0.25) is 19.8 Å². The van der Waals surface area contributed by atoms with Crippen molar-refractivity contribution in [3.63, 3.8) is 0 Å². The molecule has 168 valence electrons. The molecule has 8 heteroatoms. The summed E-state index contributed by atoms with van der Waals surface area (Å²) in [4.78, 5) is 39.4. The normalized spacial score (nSPS) is 20.2. The zero-order valence-corrected chi connectivity index (χ0v) is 18.1. The molecule has 1 aliphatic heterocycles. The van der Waals surface area contributed by atoms with Crippen LogP contribution in [0.1, 0.15) is 63.0 Å². The average Bonchev–Trinajstić information content (AvgIpc) is 3.26. The predicted molar refractivity (Wildman–Crippen MR) is 116 cm³/mol. The van der Waals surface area contributed by atoms with Crippen molar-refractivity contribution in [3.05, 3.63) is 35.4 Å². The van der Waals surface area contributed by atoms with Gasteiger partial charge in [-0.15, -0.1) is 0 Å². The van der Waals surface area contributed by atoms with Gasteiger partial charge < -0.3 is 20.7 Å². The van der Waals surface area contributed by atoms with Crippen LogP contribution >= 0.6 is 0 Å². The van der Waals surface area contributed by atoms with Gasteiger partial charge in [-0.05, 0) is 31.2 Å². The number of ether oxygens (including phenoxy) is 1. The van der Waals surface area contributed by atoms with Gasteiger partial charge in [0, 0.05) is 31.5 Å². The molecule has 0 bridgehead atoms. The SMILES string of the molecule is CC(=O)OC(C(=O)N1CCC[C@@H]1C(=O)NCc1ccc(C(=N)N)cc1)C1CCCCC1. The maximum Gasteiger partial charge on any atom is 0.303 e. The second-order valence-corrected chi connectivity index (χ2v) is 8.45. The molecule has 0 aromatic heterocycles. The quantitative estimate of drug-likeness (QED) is 0.348. The lowest BCUT2D eigenvalue weighted by molar-refractivity contribution is -0.164. The van der Waals surface area contributed by atoms with E-state index in [1.165, 1.54) is 6.92 Å². The predicted octanol–water partition coefficient (Wildman–Crippen LogP) is 2.09. The van der Waals surface area contributed by atoms with Gasteiger partial charge >= 0.3 is 5.97 Å². The third-order valence-corrected chi connectivity index (χ3v) is 6.18. The molecule has 31 heavy (non-hydrogen) atoms. The number of hydrogen-bond acceptors (Lipinski definition) is 5. The van der Waals surface area contributed by atoms with E-state index in [4.69, 9.17) is 15.9 Å². The largest absolute Gasteiger partial charge is 0.452 e. The molecule has 1 heterocycles. The van der Waals surface area contributed by atoms with E-state index in [2.05, 4.69) is 5.32 Å². The number of amidine groups is 1. The maximum atomic E-state index is 13.3. The summed E-state index contributed by atoms with van der Waals surface area (Å²) in [5.41, 5.74) is 6.98. The van der Waals surface area contributed by atoms with Crippen LogP contribution in [0.2, 0.25) is 0 Å². The molecule has 0 spiro atoms. The van der Waals surface area contributed by atoms with Gasteiger partial charge in [0.25, 0.3) is 5.91 Å². The number of carbonyl (C=O) groups excluding carboxylic acids is 3. The van der Waals surface area contributed by atoms with Crippen LogP contribution in [0.4, 0.5) is 0 Å². The summed E-state index contributed by atoms with van der Waals surface area (Å²) in [7, 11) is 0. The number of carbonyl (C=O) groups is 3. The van der Waals surface area contributed by atoms with Crippen molar-refractivity contribution in [3.8, 4) is 0 Å². The highest BCUT2D eigenvalue weighted by atomic mass is 16.5. The number of nitrogen functional groups attached to an aromatic ring is 1. The lowest BCUT2D eigenvalue weighted by Gasteiger charge is -2.33. The smallest absolute Gasteiger partial charge is 0.303 e. The fraction of sp³-hybridized carbons (Fsp3) is 0.565. The summed E-state index contributed by atoms with van der Waals surface area (Å²) in [5.74, 6) is -0.888. The minimum Gasteiger partial charge on any atom is -0.452 e. The second-order valence-electron chi connectivity index (χ2n) is 8.45. The summed E-state index contributed by atoms with van der Waals surface area (Å²) in [6, 6.07) is 6.56. The van der Waals surface area contributed by atoms with Crippen molar-refractivity contribution in [2.24, 2.45) is 11.7 Å². The number of amides is 2. The molecule has 2 fully saturated rings. The minimum absolute atomic E-state index is 0.00371. The highest BCUT2D eigenvalue weighted by Crippen LogP contribution is 2.31. The van der Waals surface area contributed by atoms with Gasteiger partial charge in [0.2, 0.25) is 5.91 Å². The lowest BCUT2D eigenvalue weighted by Crippen LogP contribution is -2.51. The summed E-state index contributed by atoms with van der Waals surface area (Å²) < 4.78 is 5.46. The number of esters is 1. The Morgan fingerprint density at radius 1 is 1.13 bits per heavy atom. The Bertz CT molecular complexity index is 817. The Hall–Kier alpha value is -2.90. The maximum absolute atomic E-state index is 13.3. The highest BCUT2D eigenvalue weighted by molar-refractivity contribution is 5.95. The van der Waals surface area contributed by atoms with Gasteiger partial charge in [0.1, 0.15) is 11.9 Å². The van der Waals surface area contributed by atoms with Crippen LogP contribution in [0.25, 0.3) is 0 Å². The van der Waals surface area contributed by atoms with Crippen LogP contribution < -0.4 is 11.1 Å². The summed E-state index contributed by atoms with van der Waals surface area (Å²) in [5, 5.41) is 10.3. The molecule has 1 aromatic carbocycles. The molecule has 3 rings (SSSR count). The Morgan fingerprint density at radius 3 is 2.42 bits per heavy atom. The zero-order chi connectivity index (χ0) is 22.4. The Morgan fingerprint density at radius 2 is 1.81 bits per heavy atom. The Balaban J connectivity index is 1.63. The molecule has 2 amide bonds. The van der Waals surface area contributed by atoms with Crippen molar-refractivity contribution in [2.75, 3.05) is 6.54 Å². The molecule has 4 N–H and O–H groups in total. The van der Waals surface area contributed by atoms with E-state index in [0.717, 1.165) is 44.1 Å². The number of benzene rings is 1.